The summed E-state index contributed by atoms with van der Waals surface area (Å²) >= 11 is 0. The molecule has 1 aliphatic carbocycles. The van der Waals surface area contributed by atoms with Crippen molar-refractivity contribution < 1.29 is 14.3 Å². The highest BCUT2D eigenvalue weighted by Crippen LogP contribution is 2.38. The average Bonchev–Trinajstić information content (AvgIpc) is 3.40. The lowest BCUT2D eigenvalue weighted by Crippen LogP contribution is -2.15. The van der Waals surface area contributed by atoms with Gasteiger partial charge in [-0.15, -0.1) is 0 Å². The van der Waals surface area contributed by atoms with Crippen LogP contribution in [-0.2, 0) is 0 Å². The fraction of sp³-hybridized carbons (Fsp3) is 0.312. The van der Waals surface area contributed by atoms with Crippen LogP contribution in [0.5, 0.6) is 11.5 Å². The average molecular weight is 299 g/mol. The summed E-state index contributed by atoms with van der Waals surface area (Å²) in [5, 5.41) is 2.80. The van der Waals surface area contributed by atoms with Crippen molar-refractivity contribution in [3.8, 4) is 11.5 Å². The first-order chi connectivity index (χ1) is 10.7. The summed E-state index contributed by atoms with van der Waals surface area (Å²) < 4.78 is 10.4. The Morgan fingerprint density at radius 3 is 2.68 bits per heavy atom. The summed E-state index contributed by atoms with van der Waals surface area (Å²) in [5.74, 6) is 1.37. The van der Waals surface area contributed by atoms with E-state index in [0.717, 1.165) is 18.5 Å². The number of hydrogen-bond acceptors (Lipinski definition) is 5. The summed E-state index contributed by atoms with van der Waals surface area (Å²) in [6, 6.07) is 6.97. The second kappa shape index (κ2) is 6.01. The van der Waals surface area contributed by atoms with E-state index >= 15 is 0 Å². The molecule has 1 heterocycles. The van der Waals surface area contributed by atoms with Gasteiger partial charge in [0.1, 0.15) is 23.5 Å². The van der Waals surface area contributed by atoms with E-state index in [4.69, 9.17) is 9.47 Å². The van der Waals surface area contributed by atoms with E-state index in [9.17, 15) is 4.79 Å². The third-order valence-corrected chi connectivity index (χ3v) is 3.57. The molecule has 2 aromatic rings. The number of hydrogen-bond donors (Lipinski definition) is 1. The number of anilines is 1. The van der Waals surface area contributed by atoms with Gasteiger partial charge in [-0.2, -0.15) is 0 Å². The zero-order chi connectivity index (χ0) is 15.5. The topological polar surface area (TPSA) is 73.3 Å². The molecule has 1 amide bonds. The first kappa shape index (κ1) is 14.3. The molecule has 22 heavy (non-hydrogen) atoms. The summed E-state index contributed by atoms with van der Waals surface area (Å²) in [7, 11) is 3.12. The predicted molar refractivity (Wildman–Crippen MR) is 81.5 cm³/mol. The normalized spacial score (nSPS) is 13.5. The quantitative estimate of drug-likeness (QED) is 0.918. The molecule has 114 valence electrons. The van der Waals surface area contributed by atoms with Crippen molar-refractivity contribution >= 4 is 11.6 Å². The van der Waals surface area contributed by atoms with Gasteiger partial charge in [0.15, 0.2) is 0 Å². The molecular weight excluding hydrogens is 282 g/mol. The molecule has 1 aromatic carbocycles. The van der Waals surface area contributed by atoms with Crippen LogP contribution in [0.4, 0.5) is 5.69 Å². The SMILES string of the molecule is COc1ccc(OC)c(NC(=O)c2cc(C3CC3)ncn2)c1. The zero-order valence-corrected chi connectivity index (χ0v) is 12.5. The maximum Gasteiger partial charge on any atom is 0.274 e. The Morgan fingerprint density at radius 1 is 1.18 bits per heavy atom. The molecule has 0 saturated heterocycles. The summed E-state index contributed by atoms with van der Waals surface area (Å²) in [5.41, 5.74) is 1.82. The molecule has 0 aliphatic heterocycles. The van der Waals surface area contributed by atoms with Gasteiger partial charge < -0.3 is 14.8 Å². The summed E-state index contributed by atoms with van der Waals surface area (Å²) in [4.78, 5) is 20.6. The van der Waals surface area contributed by atoms with E-state index in [0.29, 0.717) is 28.8 Å². The predicted octanol–water partition coefficient (Wildman–Crippen LogP) is 2.62. The maximum absolute atomic E-state index is 12.4. The highest BCUT2D eigenvalue weighted by atomic mass is 16.5. The van der Waals surface area contributed by atoms with Crippen LogP contribution in [0.25, 0.3) is 0 Å². The van der Waals surface area contributed by atoms with Gasteiger partial charge in [0.05, 0.1) is 19.9 Å². The minimum atomic E-state index is -0.296. The van der Waals surface area contributed by atoms with Crippen molar-refractivity contribution in [2.45, 2.75) is 18.8 Å². The number of amides is 1. The van der Waals surface area contributed by atoms with Gasteiger partial charge in [0.25, 0.3) is 5.91 Å². The largest absolute Gasteiger partial charge is 0.497 e. The first-order valence-electron chi connectivity index (χ1n) is 7.06. The molecule has 1 aromatic heterocycles. The smallest absolute Gasteiger partial charge is 0.274 e. The molecule has 6 nitrogen and oxygen atoms in total. The van der Waals surface area contributed by atoms with Crippen LogP contribution in [0, 0.1) is 0 Å². The lowest BCUT2D eigenvalue weighted by atomic mass is 10.2. The van der Waals surface area contributed by atoms with Crippen LogP contribution in [0.3, 0.4) is 0 Å². The van der Waals surface area contributed by atoms with Gasteiger partial charge >= 0.3 is 0 Å². The van der Waals surface area contributed by atoms with Crippen LogP contribution in [0.1, 0.15) is 34.9 Å². The van der Waals surface area contributed by atoms with Crippen molar-refractivity contribution in [1.82, 2.24) is 9.97 Å². The van der Waals surface area contributed by atoms with Crippen molar-refractivity contribution in [3.05, 3.63) is 42.0 Å². The number of ether oxygens (including phenoxy) is 2. The number of carbonyl (C=O) groups excluding carboxylic acids is 1. The van der Waals surface area contributed by atoms with Gasteiger partial charge in [0, 0.05) is 17.7 Å². The Morgan fingerprint density at radius 2 is 2.00 bits per heavy atom. The Balaban J connectivity index is 1.83. The van der Waals surface area contributed by atoms with Gasteiger partial charge in [-0.25, -0.2) is 9.97 Å². The minimum absolute atomic E-state index is 0.296. The summed E-state index contributed by atoms with van der Waals surface area (Å²) in [6.07, 6.45) is 3.69. The van der Waals surface area contributed by atoms with Crippen molar-refractivity contribution in [1.29, 1.82) is 0 Å². The monoisotopic (exact) mass is 299 g/mol. The summed E-state index contributed by atoms with van der Waals surface area (Å²) in [6.45, 7) is 0. The molecule has 0 radical (unpaired) electrons. The molecule has 1 N–H and O–H groups in total. The third-order valence-electron chi connectivity index (χ3n) is 3.57. The molecule has 0 unspecified atom stereocenters. The molecule has 3 rings (SSSR count). The lowest BCUT2D eigenvalue weighted by Gasteiger charge is -2.11. The second-order valence-corrected chi connectivity index (χ2v) is 5.12. The molecular formula is C16H17N3O3. The van der Waals surface area contributed by atoms with E-state index < -0.39 is 0 Å². The second-order valence-electron chi connectivity index (χ2n) is 5.12. The van der Waals surface area contributed by atoms with E-state index in [-0.39, 0.29) is 5.91 Å². The standard InChI is InChI=1S/C16H17N3O3/c1-21-11-5-6-15(22-2)13(7-11)19-16(20)14-8-12(10-3-4-10)17-9-18-14/h5-10H,3-4H2,1-2H3,(H,19,20). The molecule has 0 spiro atoms. The van der Waals surface area contributed by atoms with Crippen molar-refractivity contribution in [2.24, 2.45) is 0 Å². The Bertz CT molecular complexity index is 699. The van der Waals surface area contributed by atoms with E-state index in [1.54, 1.807) is 38.5 Å². The van der Waals surface area contributed by atoms with Crippen LogP contribution < -0.4 is 14.8 Å². The molecule has 0 atom stereocenters. The molecule has 1 aliphatic rings. The van der Waals surface area contributed by atoms with Crippen molar-refractivity contribution in [3.63, 3.8) is 0 Å². The highest BCUT2D eigenvalue weighted by molar-refractivity contribution is 6.03. The highest BCUT2D eigenvalue weighted by Gasteiger charge is 2.26. The molecule has 6 heteroatoms. The number of nitrogens with one attached hydrogen (secondary N) is 1. The number of benzene rings is 1. The van der Waals surface area contributed by atoms with Crippen molar-refractivity contribution in [2.75, 3.05) is 19.5 Å². The number of nitrogens with zero attached hydrogens (tertiary/aromatic N) is 2. The van der Waals surface area contributed by atoms with Crippen LogP contribution in [0.15, 0.2) is 30.6 Å². The fourth-order valence-corrected chi connectivity index (χ4v) is 2.20. The fourth-order valence-electron chi connectivity index (χ4n) is 2.20. The number of carbonyl (C=O) groups is 1. The molecule has 1 fully saturated rings. The van der Waals surface area contributed by atoms with E-state index in [1.165, 1.54) is 6.33 Å². The number of aromatic nitrogens is 2. The zero-order valence-electron chi connectivity index (χ0n) is 12.5. The molecule has 0 bridgehead atoms. The Hall–Kier alpha value is -2.63. The minimum Gasteiger partial charge on any atom is -0.497 e. The van der Waals surface area contributed by atoms with Crippen LogP contribution >= 0.6 is 0 Å². The maximum atomic E-state index is 12.4. The third kappa shape index (κ3) is 3.00. The molecule has 1 saturated carbocycles. The first-order valence-corrected chi connectivity index (χ1v) is 7.06. The van der Waals surface area contributed by atoms with Crippen LogP contribution in [0.2, 0.25) is 0 Å². The van der Waals surface area contributed by atoms with Crippen LogP contribution in [-0.4, -0.2) is 30.1 Å². The van der Waals surface area contributed by atoms with E-state index in [2.05, 4.69) is 15.3 Å². The Kier molecular flexibility index (Phi) is 3.91. The number of rotatable bonds is 5. The Labute approximate surface area is 128 Å². The van der Waals surface area contributed by atoms with Gasteiger partial charge in [0.2, 0.25) is 0 Å². The number of methoxy groups -OCH3 is 2. The van der Waals surface area contributed by atoms with Gasteiger partial charge in [-0.1, -0.05) is 0 Å². The van der Waals surface area contributed by atoms with Gasteiger partial charge in [-0.05, 0) is 31.0 Å². The lowest BCUT2D eigenvalue weighted by molar-refractivity contribution is 0.102. The van der Waals surface area contributed by atoms with Gasteiger partial charge in [-0.3, -0.25) is 4.79 Å². The van der Waals surface area contributed by atoms with E-state index in [1.807, 2.05) is 0 Å².